The number of carbonyl (C=O) groups is 1. The van der Waals surface area contributed by atoms with E-state index in [2.05, 4.69) is 39.3 Å². The number of nitrogens with one attached hydrogen (secondary N) is 2. The highest BCUT2D eigenvalue weighted by Gasteiger charge is 2.34. The number of para-hydroxylation sites is 1. The zero-order valence-electron chi connectivity index (χ0n) is 13.7. The van der Waals surface area contributed by atoms with Gasteiger partial charge >= 0.3 is 0 Å². The van der Waals surface area contributed by atoms with Crippen molar-refractivity contribution in [3.63, 3.8) is 0 Å². The maximum absolute atomic E-state index is 12.3. The van der Waals surface area contributed by atoms with Crippen molar-refractivity contribution in [3.8, 4) is 12.3 Å². The number of terminal acetylenes is 1. The quantitative estimate of drug-likeness (QED) is 0.815. The number of benzene rings is 1. The number of amides is 1. The molecule has 1 fully saturated rings. The molecule has 2 aliphatic heterocycles. The van der Waals surface area contributed by atoms with Crippen LogP contribution in [0.1, 0.15) is 17.3 Å². The Morgan fingerprint density at radius 3 is 2.83 bits per heavy atom. The van der Waals surface area contributed by atoms with Gasteiger partial charge in [0, 0.05) is 55.9 Å². The Balaban J connectivity index is 1.73. The molecule has 0 aliphatic carbocycles. The number of carbonyl (C=O) groups excluding carboxylic acids is 1. The fourth-order valence-electron chi connectivity index (χ4n) is 3.97. The van der Waals surface area contributed by atoms with E-state index in [4.69, 9.17) is 6.42 Å². The molecule has 2 N–H and O–H groups in total. The van der Waals surface area contributed by atoms with Gasteiger partial charge in [-0.15, -0.1) is 6.42 Å². The van der Waals surface area contributed by atoms with Crippen molar-refractivity contribution in [1.29, 1.82) is 0 Å². The summed E-state index contributed by atoms with van der Waals surface area (Å²) in [4.78, 5) is 20.1. The molecule has 0 bridgehead atoms. The summed E-state index contributed by atoms with van der Waals surface area (Å²) in [6.45, 7) is 5.52. The second kappa shape index (κ2) is 6.31. The fraction of sp³-hybridized carbons (Fsp3) is 0.421. The lowest BCUT2D eigenvalue weighted by molar-refractivity contribution is -0.128. The highest BCUT2D eigenvalue weighted by Crippen LogP contribution is 2.35. The van der Waals surface area contributed by atoms with Gasteiger partial charge in [-0.3, -0.25) is 9.69 Å². The second-order valence-electron chi connectivity index (χ2n) is 6.52. The molecule has 5 nitrogen and oxygen atoms in total. The van der Waals surface area contributed by atoms with Gasteiger partial charge in [0.2, 0.25) is 0 Å². The molecule has 1 saturated heterocycles. The van der Waals surface area contributed by atoms with E-state index in [9.17, 15) is 4.79 Å². The van der Waals surface area contributed by atoms with Gasteiger partial charge < -0.3 is 15.2 Å². The number of rotatable bonds is 2. The third-order valence-electron chi connectivity index (χ3n) is 5.18. The standard InChI is InChI=1S/C19H22N4O/c1-2-18(24)23-10-7-15-14-5-3-4-6-16(14)21-19(15)17(23)13-22-11-8-20-9-12-22/h1,3-6,17,20-21H,7-13H2. The Labute approximate surface area is 142 Å². The van der Waals surface area contributed by atoms with E-state index in [0.29, 0.717) is 6.54 Å². The minimum atomic E-state index is -0.209. The van der Waals surface area contributed by atoms with Crippen LogP contribution in [0.3, 0.4) is 0 Å². The van der Waals surface area contributed by atoms with Crippen LogP contribution in [0.5, 0.6) is 0 Å². The average Bonchev–Trinajstić information content (AvgIpc) is 3.01. The Kier molecular flexibility index (Phi) is 4.01. The molecule has 3 heterocycles. The lowest BCUT2D eigenvalue weighted by Gasteiger charge is -2.39. The molecule has 1 aromatic carbocycles. The zero-order chi connectivity index (χ0) is 16.5. The molecule has 1 atom stereocenters. The van der Waals surface area contributed by atoms with Gasteiger partial charge in [-0.05, 0) is 24.0 Å². The maximum atomic E-state index is 12.3. The molecule has 4 rings (SSSR count). The number of piperazine rings is 1. The lowest BCUT2D eigenvalue weighted by atomic mass is 9.96. The molecule has 2 aliphatic rings. The summed E-state index contributed by atoms with van der Waals surface area (Å²) in [5, 5.41) is 4.64. The van der Waals surface area contributed by atoms with Crippen molar-refractivity contribution in [2.24, 2.45) is 0 Å². The Morgan fingerprint density at radius 1 is 1.25 bits per heavy atom. The second-order valence-corrected chi connectivity index (χ2v) is 6.52. The Bertz CT molecular complexity index is 797. The summed E-state index contributed by atoms with van der Waals surface area (Å²) >= 11 is 0. The lowest BCUT2D eigenvalue weighted by Crippen LogP contribution is -2.49. The van der Waals surface area contributed by atoms with Crippen LogP contribution in [0.4, 0.5) is 0 Å². The van der Waals surface area contributed by atoms with Crippen molar-refractivity contribution in [1.82, 2.24) is 20.1 Å². The van der Waals surface area contributed by atoms with Gasteiger partial charge in [0.1, 0.15) is 0 Å². The van der Waals surface area contributed by atoms with E-state index < -0.39 is 0 Å². The van der Waals surface area contributed by atoms with Gasteiger partial charge in [0.05, 0.1) is 6.04 Å². The van der Waals surface area contributed by atoms with E-state index in [1.165, 1.54) is 10.9 Å². The summed E-state index contributed by atoms with van der Waals surface area (Å²) in [5.74, 6) is 2.10. The molecule has 1 unspecified atom stereocenters. The number of aromatic nitrogens is 1. The molecule has 24 heavy (non-hydrogen) atoms. The molecule has 0 radical (unpaired) electrons. The number of nitrogens with zero attached hydrogens (tertiary/aromatic N) is 2. The molecular formula is C19H22N4O. The minimum absolute atomic E-state index is 0.00259. The van der Waals surface area contributed by atoms with Crippen LogP contribution in [0, 0.1) is 12.3 Å². The largest absolute Gasteiger partial charge is 0.356 e. The molecular weight excluding hydrogens is 300 g/mol. The molecule has 2 aromatic rings. The Hall–Kier alpha value is -2.29. The summed E-state index contributed by atoms with van der Waals surface area (Å²) in [5.41, 5.74) is 3.64. The van der Waals surface area contributed by atoms with Crippen LogP contribution in [-0.4, -0.2) is 60.0 Å². The summed E-state index contributed by atoms with van der Waals surface area (Å²) in [6, 6.07) is 8.37. The molecule has 5 heteroatoms. The number of fused-ring (bicyclic) bond motifs is 3. The van der Waals surface area contributed by atoms with Crippen molar-refractivity contribution in [2.45, 2.75) is 12.5 Å². The zero-order valence-corrected chi connectivity index (χ0v) is 13.7. The topological polar surface area (TPSA) is 51.4 Å². The molecule has 124 valence electrons. The van der Waals surface area contributed by atoms with Crippen LogP contribution in [0.25, 0.3) is 10.9 Å². The van der Waals surface area contributed by atoms with Crippen molar-refractivity contribution in [2.75, 3.05) is 39.3 Å². The predicted molar refractivity (Wildman–Crippen MR) is 94.6 cm³/mol. The van der Waals surface area contributed by atoms with Crippen molar-refractivity contribution >= 4 is 16.8 Å². The first-order valence-electron chi connectivity index (χ1n) is 8.57. The van der Waals surface area contributed by atoms with E-state index in [1.807, 2.05) is 11.0 Å². The number of aromatic amines is 1. The first-order valence-corrected chi connectivity index (χ1v) is 8.57. The SMILES string of the molecule is C#CC(=O)N1CCc2c([nH]c3ccccc23)C1CN1CCNCC1. The van der Waals surface area contributed by atoms with Crippen LogP contribution in [0.2, 0.25) is 0 Å². The summed E-state index contributed by atoms with van der Waals surface area (Å²) in [6.07, 6.45) is 6.27. The number of H-pyrrole nitrogens is 1. The van der Waals surface area contributed by atoms with Gasteiger partial charge in [-0.25, -0.2) is 0 Å². The highest BCUT2D eigenvalue weighted by molar-refractivity contribution is 5.94. The smallest absolute Gasteiger partial charge is 0.298 e. The normalized spacial score (nSPS) is 21.5. The average molecular weight is 322 g/mol. The summed E-state index contributed by atoms with van der Waals surface area (Å²) in [7, 11) is 0. The summed E-state index contributed by atoms with van der Waals surface area (Å²) < 4.78 is 0. The fourth-order valence-corrected chi connectivity index (χ4v) is 3.97. The monoisotopic (exact) mass is 322 g/mol. The van der Waals surface area contributed by atoms with E-state index in [-0.39, 0.29) is 11.9 Å². The van der Waals surface area contributed by atoms with Crippen LogP contribution < -0.4 is 5.32 Å². The third kappa shape index (κ3) is 2.58. The van der Waals surface area contributed by atoms with Gasteiger partial charge in [-0.1, -0.05) is 18.2 Å². The minimum Gasteiger partial charge on any atom is -0.356 e. The molecule has 1 amide bonds. The van der Waals surface area contributed by atoms with Gasteiger partial charge in [0.15, 0.2) is 0 Å². The van der Waals surface area contributed by atoms with Gasteiger partial charge in [0.25, 0.3) is 5.91 Å². The van der Waals surface area contributed by atoms with Crippen LogP contribution in [0.15, 0.2) is 24.3 Å². The van der Waals surface area contributed by atoms with E-state index in [0.717, 1.165) is 50.4 Å². The predicted octanol–water partition coefficient (Wildman–Crippen LogP) is 1.13. The highest BCUT2D eigenvalue weighted by atomic mass is 16.2. The number of hydrogen-bond acceptors (Lipinski definition) is 3. The molecule has 0 spiro atoms. The first-order chi connectivity index (χ1) is 11.8. The van der Waals surface area contributed by atoms with Gasteiger partial charge in [-0.2, -0.15) is 0 Å². The molecule has 1 aromatic heterocycles. The van der Waals surface area contributed by atoms with Crippen LogP contribution in [-0.2, 0) is 11.2 Å². The van der Waals surface area contributed by atoms with Crippen LogP contribution >= 0.6 is 0 Å². The van der Waals surface area contributed by atoms with E-state index in [1.54, 1.807) is 0 Å². The molecule has 0 saturated carbocycles. The van der Waals surface area contributed by atoms with Crippen molar-refractivity contribution in [3.05, 3.63) is 35.5 Å². The van der Waals surface area contributed by atoms with E-state index >= 15 is 0 Å². The first kappa shape index (κ1) is 15.3. The third-order valence-corrected chi connectivity index (χ3v) is 5.18. The number of hydrogen-bond donors (Lipinski definition) is 2. The van der Waals surface area contributed by atoms with Crippen molar-refractivity contribution < 1.29 is 4.79 Å². The maximum Gasteiger partial charge on any atom is 0.298 e. The Morgan fingerprint density at radius 2 is 2.04 bits per heavy atom.